The van der Waals surface area contributed by atoms with Crippen LogP contribution in [0.5, 0.6) is 0 Å². The second kappa shape index (κ2) is 8.09. The lowest BCUT2D eigenvalue weighted by molar-refractivity contribution is 0.102. The van der Waals surface area contributed by atoms with Crippen LogP contribution in [0.1, 0.15) is 35.7 Å². The van der Waals surface area contributed by atoms with Crippen molar-refractivity contribution in [3.05, 3.63) is 90.3 Å². The number of hydrogen-bond acceptors (Lipinski definition) is 2. The van der Waals surface area contributed by atoms with Crippen LogP contribution in [0.15, 0.2) is 79.1 Å². The number of amides is 1. The lowest BCUT2D eigenvalue weighted by atomic mass is 10.1. The second-order valence-electron chi connectivity index (χ2n) is 6.93. The molecule has 0 aliphatic heterocycles. The molecule has 28 heavy (non-hydrogen) atoms. The number of hydrogen-bond donors (Lipinski definition) is 1. The minimum absolute atomic E-state index is 0.131. The number of fused-ring (bicyclic) bond motifs is 1. The van der Waals surface area contributed by atoms with E-state index in [1.165, 1.54) is 18.4 Å². The predicted molar refractivity (Wildman–Crippen MR) is 114 cm³/mol. The largest absolute Gasteiger partial charge is 0.322 e. The average Bonchev–Trinajstić information content (AvgIpc) is 3.17. The van der Waals surface area contributed by atoms with E-state index >= 15 is 0 Å². The molecule has 0 radical (unpaired) electrons. The van der Waals surface area contributed by atoms with Crippen molar-refractivity contribution in [2.75, 3.05) is 5.32 Å². The number of imidazole rings is 1. The van der Waals surface area contributed by atoms with Gasteiger partial charge in [0.2, 0.25) is 0 Å². The predicted octanol–water partition coefficient (Wildman–Crippen LogP) is 5.60. The van der Waals surface area contributed by atoms with E-state index in [0.717, 1.165) is 29.0 Å². The first-order valence-electron chi connectivity index (χ1n) is 9.67. The third kappa shape index (κ3) is 3.96. The minimum atomic E-state index is -0.131. The molecular formula is C24H23N3O. The molecule has 0 aliphatic rings. The van der Waals surface area contributed by atoms with Crippen molar-refractivity contribution in [2.24, 2.45) is 0 Å². The molecule has 1 N–H and O–H groups in total. The molecule has 0 spiro atoms. The summed E-state index contributed by atoms with van der Waals surface area (Å²) in [5.41, 5.74) is 5.39. The normalized spacial score (nSPS) is 10.9. The van der Waals surface area contributed by atoms with Gasteiger partial charge in [0.25, 0.3) is 5.91 Å². The SMILES string of the molecule is CCCCc1ccc(NC(=O)c2ccn3cc(-c4ccccc4)nc3c2)cc1. The Kier molecular flexibility index (Phi) is 5.20. The van der Waals surface area contributed by atoms with Crippen molar-refractivity contribution >= 4 is 17.2 Å². The molecule has 4 rings (SSSR count). The third-order valence-corrected chi connectivity index (χ3v) is 4.82. The van der Waals surface area contributed by atoms with Crippen LogP contribution in [0.4, 0.5) is 5.69 Å². The summed E-state index contributed by atoms with van der Waals surface area (Å²) in [6.45, 7) is 2.19. The molecule has 0 saturated carbocycles. The molecular weight excluding hydrogens is 346 g/mol. The summed E-state index contributed by atoms with van der Waals surface area (Å²) in [6.07, 6.45) is 7.28. The number of carbonyl (C=O) groups excluding carboxylic acids is 1. The van der Waals surface area contributed by atoms with Gasteiger partial charge >= 0.3 is 0 Å². The number of unbranched alkanes of at least 4 members (excludes halogenated alkanes) is 1. The fraction of sp³-hybridized carbons (Fsp3) is 0.167. The first-order valence-corrected chi connectivity index (χ1v) is 9.67. The van der Waals surface area contributed by atoms with Gasteiger partial charge in [0.05, 0.1) is 5.69 Å². The van der Waals surface area contributed by atoms with Gasteiger partial charge < -0.3 is 9.72 Å². The van der Waals surface area contributed by atoms with Gasteiger partial charge in [0, 0.05) is 29.2 Å². The maximum absolute atomic E-state index is 12.6. The molecule has 4 nitrogen and oxygen atoms in total. The lowest BCUT2D eigenvalue weighted by Crippen LogP contribution is -2.12. The highest BCUT2D eigenvalue weighted by atomic mass is 16.1. The number of benzene rings is 2. The zero-order chi connectivity index (χ0) is 19.3. The van der Waals surface area contributed by atoms with Gasteiger partial charge in [-0.15, -0.1) is 0 Å². The number of anilines is 1. The maximum Gasteiger partial charge on any atom is 0.255 e. The lowest BCUT2D eigenvalue weighted by Gasteiger charge is -2.07. The first kappa shape index (κ1) is 18.0. The fourth-order valence-corrected chi connectivity index (χ4v) is 3.21. The monoisotopic (exact) mass is 369 g/mol. The molecule has 1 amide bonds. The highest BCUT2D eigenvalue weighted by Crippen LogP contribution is 2.20. The summed E-state index contributed by atoms with van der Waals surface area (Å²) in [5, 5.41) is 2.97. The Labute approximate surface area is 164 Å². The average molecular weight is 369 g/mol. The van der Waals surface area contributed by atoms with Crippen LogP contribution in [0.2, 0.25) is 0 Å². The Morgan fingerprint density at radius 1 is 1.04 bits per heavy atom. The van der Waals surface area contributed by atoms with Gasteiger partial charge in [-0.1, -0.05) is 55.8 Å². The third-order valence-electron chi connectivity index (χ3n) is 4.82. The van der Waals surface area contributed by atoms with E-state index in [2.05, 4.69) is 29.4 Å². The number of carbonyl (C=O) groups is 1. The number of aryl methyl sites for hydroxylation is 1. The van der Waals surface area contributed by atoms with Gasteiger partial charge in [-0.2, -0.15) is 0 Å². The Bertz CT molecular complexity index is 1080. The molecule has 4 heteroatoms. The number of aromatic nitrogens is 2. The van der Waals surface area contributed by atoms with Crippen LogP contribution in [0.25, 0.3) is 16.9 Å². The number of pyridine rings is 1. The Balaban J connectivity index is 1.51. The van der Waals surface area contributed by atoms with Crippen molar-refractivity contribution < 1.29 is 4.79 Å². The summed E-state index contributed by atoms with van der Waals surface area (Å²) in [6, 6.07) is 21.7. The van der Waals surface area contributed by atoms with E-state index < -0.39 is 0 Å². The molecule has 0 saturated heterocycles. The maximum atomic E-state index is 12.6. The van der Waals surface area contributed by atoms with Crippen LogP contribution in [0.3, 0.4) is 0 Å². The molecule has 0 unspecified atom stereocenters. The van der Waals surface area contributed by atoms with E-state index in [4.69, 9.17) is 0 Å². The highest BCUT2D eigenvalue weighted by molar-refractivity contribution is 6.04. The van der Waals surface area contributed by atoms with E-state index in [9.17, 15) is 4.79 Å². The highest BCUT2D eigenvalue weighted by Gasteiger charge is 2.10. The fourth-order valence-electron chi connectivity index (χ4n) is 3.21. The molecule has 0 fully saturated rings. The zero-order valence-corrected chi connectivity index (χ0v) is 15.9. The summed E-state index contributed by atoms with van der Waals surface area (Å²) < 4.78 is 1.93. The molecule has 140 valence electrons. The van der Waals surface area contributed by atoms with Gasteiger partial charge in [-0.25, -0.2) is 4.98 Å². The van der Waals surface area contributed by atoms with Crippen molar-refractivity contribution in [1.82, 2.24) is 9.38 Å². The Morgan fingerprint density at radius 2 is 1.82 bits per heavy atom. The van der Waals surface area contributed by atoms with Gasteiger partial charge in [-0.3, -0.25) is 4.79 Å². The Hall–Kier alpha value is -3.40. The molecule has 0 bridgehead atoms. The molecule has 0 atom stereocenters. The standard InChI is InChI=1S/C24H23N3O/c1-2-3-7-18-10-12-21(13-11-18)25-24(28)20-14-15-27-17-22(26-23(27)16-20)19-8-5-4-6-9-19/h4-6,8-17H,2-3,7H2,1H3,(H,25,28). The van der Waals surface area contributed by atoms with E-state index in [-0.39, 0.29) is 5.91 Å². The van der Waals surface area contributed by atoms with E-state index in [1.54, 1.807) is 0 Å². The quantitative estimate of drug-likeness (QED) is 0.481. The van der Waals surface area contributed by atoms with Crippen LogP contribution in [0, 0.1) is 0 Å². The van der Waals surface area contributed by atoms with E-state index in [0.29, 0.717) is 5.56 Å². The summed E-state index contributed by atoms with van der Waals surface area (Å²) in [4.78, 5) is 17.3. The van der Waals surface area contributed by atoms with Crippen molar-refractivity contribution in [2.45, 2.75) is 26.2 Å². The molecule has 4 aromatic rings. The molecule has 2 aromatic carbocycles. The molecule has 2 heterocycles. The molecule has 2 aromatic heterocycles. The summed E-state index contributed by atoms with van der Waals surface area (Å²) >= 11 is 0. The summed E-state index contributed by atoms with van der Waals surface area (Å²) in [5.74, 6) is -0.131. The first-order chi connectivity index (χ1) is 13.7. The van der Waals surface area contributed by atoms with Crippen LogP contribution < -0.4 is 5.32 Å². The van der Waals surface area contributed by atoms with Crippen LogP contribution >= 0.6 is 0 Å². The smallest absolute Gasteiger partial charge is 0.255 e. The van der Waals surface area contributed by atoms with Crippen LogP contribution in [-0.2, 0) is 6.42 Å². The number of nitrogens with zero attached hydrogens (tertiary/aromatic N) is 2. The van der Waals surface area contributed by atoms with Gasteiger partial charge in [0.15, 0.2) is 0 Å². The van der Waals surface area contributed by atoms with Gasteiger partial charge in [0.1, 0.15) is 5.65 Å². The van der Waals surface area contributed by atoms with Crippen molar-refractivity contribution in [1.29, 1.82) is 0 Å². The zero-order valence-electron chi connectivity index (χ0n) is 15.9. The van der Waals surface area contributed by atoms with Gasteiger partial charge in [-0.05, 0) is 42.7 Å². The number of nitrogens with one attached hydrogen (secondary N) is 1. The minimum Gasteiger partial charge on any atom is -0.322 e. The Morgan fingerprint density at radius 3 is 2.57 bits per heavy atom. The number of rotatable bonds is 6. The summed E-state index contributed by atoms with van der Waals surface area (Å²) in [7, 11) is 0. The van der Waals surface area contributed by atoms with Crippen molar-refractivity contribution in [3.8, 4) is 11.3 Å². The van der Waals surface area contributed by atoms with Crippen molar-refractivity contribution in [3.63, 3.8) is 0 Å². The topological polar surface area (TPSA) is 46.4 Å². The van der Waals surface area contributed by atoms with Crippen LogP contribution in [-0.4, -0.2) is 15.3 Å². The second-order valence-corrected chi connectivity index (χ2v) is 6.93. The molecule has 0 aliphatic carbocycles. The van der Waals surface area contributed by atoms with E-state index in [1.807, 2.05) is 71.4 Å².